The van der Waals surface area contributed by atoms with Gasteiger partial charge in [0.2, 0.25) is 0 Å². The Kier molecular flexibility index (Phi) is 2.74. The normalized spacial score (nSPS) is 18.2. The molecule has 0 aromatic rings. The lowest BCUT2D eigenvalue weighted by Crippen LogP contribution is -2.13. The molecule has 1 aliphatic rings. The first kappa shape index (κ1) is 8.64. The van der Waals surface area contributed by atoms with Crippen molar-refractivity contribution in [2.75, 3.05) is 0 Å². The van der Waals surface area contributed by atoms with E-state index in [9.17, 15) is 0 Å². The summed E-state index contributed by atoms with van der Waals surface area (Å²) < 4.78 is 0. The largest absolute Gasteiger partial charge is 0.403 e. The molecule has 0 spiro atoms. The van der Waals surface area contributed by atoms with Crippen LogP contribution < -0.4 is 16.8 Å². The Morgan fingerprint density at radius 3 is 2.75 bits per heavy atom. The maximum absolute atomic E-state index is 5.39. The number of hydrogen-bond donors (Lipinski definition) is 3. The van der Waals surface area contributed by atoms with E-state index in [1.807, 2.05) is 0 Å². The van der Waals surface area contributed by atoms with Crippen LogP contribution in [0.3, 0.4) is 0 Å². The SMILES string of the molecule is C=C(N=C/C(N)=C\N)NC1CC1. The molecule has 12 heavy (non-hydrogen) atoms. The van der Waals surface area contributed by atoms with Crippen LogP contribution in [0.1, 0.15) is 12.8 Å². The Morgan fingerprint density at radius 2 is 2.25 bits per heavy atom. The van der Waals surface area contributed by atoms with Crippen molar-refractivity contribution >= 4 is 6.21 Å². The summed E-state index contributed by atoms with van der Waals surface area (Å²) in [7, 11) is 0. The van der Waals surface area contributed by atoms with E-state index in [1.54, 1.807) is 0 Å². The minimum atomic E-state index is 0.439. The van der Waals surface area contributed by atoms with Crippen LogP contribution in [0.15, 0.2) is 29.3 Å². The summed E-state index contributed by atoms with van der Waals surface area (Å²) in [6.45, 7) is 3.71. The lowest BCUT2D eigenvalue weighted by molar-refractivity contribution is 0.799. The van der Waals surface area contributed by atoms with E-state index in [2.05, 4.69) is 16.9 Å². The highest BCUT2D eigenvalue weighted by Gasteiger charge is 2.20. The molecular formula is C8H14N4. The first-order chi connectivity index (χ1) is 5.72. The molecular weight excluding hydrogens is 152 g/mol. The molecule has 0 amide bonds. The zero-order chi connectivity index (χ0) is 8.97. The van der Waals surface area contributed by atoms with Crippen molar-refractivity contribution in [3.05, 3.63) is 24.3 Å². The van der Waals surface area contributed by atoms with Crippen LogP contribution in [0.25, 0.3) is 0 Å². The molecule has 1 rings (SSSR count). The number of allylic oxidation sites excluding steroid dienone is 1. The van der Waals surface area contributed by atoms with Crippen molar-refractivity contribution in [3.63, 3.8) is 0 Å². The van der Waals surface area contributed by atoms with Gasteiger partial charge in [-0.25, -0.2) is 4.99 Å². The number of nitrogens with two attached hydrogens (primary N) is 2. The fourth-order valence-corrected chi connectivity index (χ4v) is 0.696. The predicted octanol–water partition coefficient (Wildman–Crippen LogP) is 0.0392. The Hall–Kier alpha value is -1.45. The van der Waals surface area contributed by atoms with Gasteiger partial charge in [-0.05, 0) is 12.8 Å². The van der Waals surface area contributed by atoms with Gasteiger partial charge in [-0.2, -0.15) is 0 Å². The summed E-state index contributed by atoms with van der Waals surface area (Å²) in [5.41, 5.74) is 11.0. The minimum absolute atomic E-state index is 0.439. The second-order valence-electron chi connectivity index (χ2n) is 2.79. The van der Waals surface area contributed by atoms with E-state index >= 15 is 0 Å². The number of hydrogen-bond acceptors (Lipinski definition) is 4. The van der Waals surface area contributed by atoms with Crippen LogP contribution in [0.4, 0.5) is 0 Å². The fourth-order valence-electron chi connectivity index (χ4n) is 0.696. The van der Waals surface area contributed by atoms with Gasteiger partial charge >= 0.3 is 0 Å². The van der Waals surface area contributed by atoms with Gasteiger partial charge in [0, 0.05) is 12.2 Å². The first-order valence-electron chi connectivity index (χ1n) is 3.89. The van der Waals surface area contributed by atoms with E-state index in [-0.39, 0.29) is 0 Å². The summed E-state index contributed by atoms with van der Waals surface area (Å²) in [4.78, 5) is 3.97. The standard InChI is InChI=1S/C8H14N4/c1-6(12-8-2-3-8)11-5-7(10)4-9/h4-5,8,12H,1-3,9-10H2/b7-4+,11-5?. The molecule has 5 N–H and O–H groups in total. The average molecular weight is 166 g/mol. The smallest absolute Gasteiger partial charge is 0.118 e. The molecule has 0 radical (unpaired) electrons. The van der Waals surface area contributed by atoms with Crippen LogP contribution in [0.5, 0.6) is 0 Å². The maximum Gasteiger partial charge on any atom is 0.118 e. The van der Waals surface area contributed by atoms with E-state index in [0.717, 1.165) is 0 Å². The number of nitrogens with one attached hydrogen (secondary N) is 1. The Morgan fingerprint density at radius 1 is 1.58 bits per heavy atom. The van der Waals surface area contributed by atoms with Crippen LogP contribution in [0.2, 0.25) is 0 Å². The molecule has 0 atom stereocenters. The van der Waals surface area contributed by atoms with Gasteiger partial charge in [0.25, 0.3) is 0 Å². The van der Waals surface area contributed by atoms with E-state index in [0.29, 0.717) is 17.6 Å². The first-order valence-corrected chi connectivity index (χ1v) is 3.89. The highest BCUT2D eigenvalue weighted by molar-refractivity contribution is 5.77. The van der Waals surface area contributed by atoms with Crippen molar-refractivity contribution in [1.29, 1.82) is 0 Å². The molecule has 66 valence electrons. The molecule has 0 aromatic carbocycles. The molecule has 4 nitrogen and oxygen atoms in total. The molecule has 0 heterocycles. The van der Waals surface area contributed by atoms with Gasteiger partial charge in [-0.15, -0.1) is 0 Å². The monoisotopic (exact) mass is 166 g/mol. The third-order valence-electron chi connectivity index (χ3n) is 1.51. The summed E-state index contributed by atoms with van der Waals surface area (Å²) in [5, 5.41) is 3.12. The van der Waals surface area contributed by atoms with E-state index < -0.39 is 0 Å². The van der Waals surface area contributed by atoms with Crippen LogP contribution >= 0.6 is 0 Å². The molecule has 1 aliphatic carbocycles. The average Bonchev–Trinajstić information content (AvgIpc) is 2.84. The molecule has 0 aromatic heterocycles. The van der Waals surface area contributed by atoms with Gasteiger partial charge in [-0.3, -0.25) is 0 Å². The van der Waals surface area contributed by atoms with Gasteiger partial charge in [0.15, 0.2) is 0 Å². The van der Waals surface area contributed by atoms with Crippen LogP contribution in [0, 0.1) is 0 Å². The quantitative estimate of drug-likeness (QED) is 0.516. The molecule has 0 bridgehead atoms. The topological polar surface area (TPSA) is 76.4 Å². The van der Waals surface area contributed by atoms with Gasteiger partial charge < -0.3 is 16.8 Å². The third-order valence-corrected chi connectivity index (χ3v) is 1.51. The second kappa shape index (κ2) is 3.80. The lowest BCUT2D eigenvalue weighted by atomic mass is 10.5. The molecule has 0 unspecified atom stereocenters. The van der Waals surface area contributed by atoms with E-state index in [1.165, 1.54) is 25.3 Å². The fraction of sp³-hybridized carbons (Fsp3) is 0.375. The van der Waals surface area contributed by atoms with Crippen molar-refractivity contribution in [3.8, 4) is 0 Å². The van der Waals surface area contributed by atoms with Gasteiger partial charge in [-0.1, -0.05) is 6.58 Å². The summed E-state index contributed by atoms with van der Waals surface area (Å²) in [5.74, 6) is 0.641. The summed E-state index contributed by atoms with van der Waals surface area (Å²) in [6, 6.07) is 0.567. The van der Waals surface area contributed by atoms with Crippen molar-refractivity contribution in [1.82, 2.24) is 5.32 Å². The van der Waals surface area contributed by atoms with Crippen molar-refractivity contribution in [2.45, 2.75) is 18.9 Å². The van der Waals surface area contributed by atoms with Crippen molar-refractivity contribution in [2.24, 2.45) is 16.5 Å². The number of nitrogens with zero attached hydrogens (tertiary/aromatic N) is 1. The minimum Gasteiger partial charge on any atom is -0.403 e. The Labute approximate surface area is 72.0 Å². The number of aliphatic imine (C=N–C) groups is 1. The van der Waals surface area contributed by atoms with Crippen molar-refractivity contribution < 1.29 is 0 Å². The molecule has 0 aliphatic heterocycles. The second-order valence-corrected chi connectivity index (χ2v) is 2.79. The molecule has 4 heteroatoms. The highest BCUT2D eigenvalue weighted by Crippen LogP contribution is 2.19. The summed E-state index contributed by atoms with van der Waals surface area (Å²) in [6.07, 6.45) is 5.19. The molecule has 0 saturated heterocycles. The van der Waals surface area contributed by atoms with Gasteiger partial charge in [0.05, 0.1) is 11.9 Å². The zero-order valence-electron chi connectivity index (χ0n) is 6.96. The molecule has 1 saturated carbocycles. The van der Waals surface area contributed by atoms with Gasteiger partial charge in [0.1, 0.15) is 5.82 Å². The van der Waals surface area contributed by atoms with Crippen LogP contribution in [-0.2, 0) is 0 Å². The third kappa shape index (κ3) is 3.09. The zero-order valence-corrected chi connectivity index (χ0v) is 6.96. The maximum atomic E-state index is 5.39. The lowest BCUT2D eigenvalue weighted by Gasteiger charge is -2.00. The van der Waals surface area contributed by atoms with E-state index in [4.69, 9.17) is 11.5 Å². The van der Waals surface area contributed by atoms with Crippen LogP contribution in [-0.4, -0.2) is 12.3 Å². The number of rotatable bonds is 4. The Balaban J connectivity index is 2.28. The predicted molar refractivity (Wildman–Crippen MR) is 50.2 cm³/mol. The molecule has 1 fully saturated rings. The Bertz CT molecular complexity index is 225. The highest BCUT2D eigenvalue weighted by atomic mass is 15.1. The summed E-state index contributed by atoms with van der Waals surface area (Å²) >= 11 is 0.